The van der Waals surface area contributed by atoms with Gasteiger partial charge in [-0.15, -0.1) is 0 Å². The van der Waals surface area contributed by atoms with Gasteiger partial charge in [0, 0.05) is 35.6 Å². The summed E-state index contributed by atoms with van der Waals surface area (Å²) in [5.74, 6) is 0.394. The molecule has 6 nitrogen and oxygen atoms in total. The van der Waals surface area contributed by atoms with E-state index in [0.717, 1.165) is 34.8 Å². The average molecular weight is 344 g/mol. The smallest absolute Gasteiger partial charge is 0.253 e. The number of H-pyrrole nitrogens is 1. The maximum Gasteiger partial charge on any atom is 0.253 e. The molecule has 0 aliphatic carbocycles. The number of pyridine rings is 1. The van der Waals surface area contributed by atoms with Crippen LogP contribution >= 0.6 is 0 Å². The molecule has 0 unspecified atom stereocenters. The highest BCUT2D eigenvalue weighted by atomic mass is 16.1. The van der Waals surface area contributed by atoms with E-state index in [1.54, 1.807) is 0 Å². The van der Waals surface area contributed by atoms with E-state index in [-0.39, 0.29) is 24.4 Å². The summed E-state index contributed by atoms with van der Waals surface area (Å²) in [4.78, 5) is 27.1. The zero-order chi connectivity index (χ0) is 18.7. The van der Waals surface area contributed by atoms with Crippen molar-refractivity contribution in [2.24, 2.45) is 5.92 Å². The number of aromatic amines is 1. The maximum absolute atomic E-state index is 12.4. The molecule has 2 N–H and O–H groups in total. The van der Waals surface area contributed by atoms with Crippen molar-refractivity contribution in [2.45, 2.75) is 61.1 Å². The summed E-state index contributed by atoms with van der Waals surface area (Å²) in [6, 6.07) is 1.91. The molecular formula is C19H28N4O2. The minimum Gasteiger partial charge on any atom is -0.352 e. The second-order valence-corrected chi connectivity index (χ2v) is 7.12. The van der Waals surface area contributed by atoms with Gasteiger partial charge in [-0.1, -0.05) is 13.8 Å². The van der Waals surface area contributed by atoms with Crippen molar-refractivity contribution in [2.75, 3.05) is 0 Å². The number of aromatic nitrogens is 3. The fourth-order valence-corrected chi connectivity index (χ4v) is 3.02. The zero-order valence-electron chi connectivity index (χ0n) is 16.0. The molecule has 0 radical (unpaired) electrons. The minimum absolute atomic E-state index is 0.102. The van der Waals surface area contributed by atoms with Crippen LogP contribution in [0.3, 0.4) is 0 Å². The van der Waals surface area contributed by atoms with Gasteiger partial charge in [-0.2, -0.15) is 5.10 Å². The van der Waals surface area contributed by atoms with Gasteiger partial charge in [0.05, 0.1) is 12.1 Å². The first-order valence-electron chi connectivity index (χ1n) is 8.68. The number of hydrogen-bond donors (Lipinski definition) is 2. The van der Waals surface area contributed by atoms with Crippen LogP contribution in [0.5, 0.6) is 0 Å². The van der Waals surface area contributed by atoms with Crippen molar-refractivity contribution in [3.63, 3.8) is 0 Å². The largest absolute Gasteiger partial charge is 0.352 e. The van der Waals surface area contributed by atoms with Crippen molar-refractivity contribution in [1.82, 2.24) is 20.1 Å². The van der Waals surface area contributed by atoms with Gasteiger partial charge < -0.3 is 10.3 Å². The molecule has 0 aliphatic rings. The van der Waals surface area contributed by atoms with E-state index in [2.05, 4.69) is 29.2 Å². The molecular weight excluding hydrogens is 316 g/mol. The van der Waals surface area contributed by atoms with E-state index >= 15 is 0 Å². The van der Waals surface area contributed by atoms with E-state index in [9.17, 15) is 9.59 Å². The van der Waals surface area contributed by atoms with Crippen molar-refractivity contribution >= 4 is 5.91 Å². The molecule has 6 heteroatoms. The monoisotopic (exact) mass is 344 g/mol. The Balaban J connectivity index is 2.07. The first kappa shape index (κ1) is 19.0. The summed E-state index contributed by atoms with van der Waals surface area (Å²) < 4.78 is 1.97. The van der Waals surface area contributed by atoms with E-state index < -0.39 is 0 Å². The van der Waals surface area contributed by atoms with Crippen LogP contribution in [-0.2, 0) is 24.3 Å². The van der Waals surface area contributed by atoms with Crippen molar-refractivity contribution in [3.8, 4) is 0 Å². The molecule has 0 spiro atoms. The lowest BCUT2D eigenvalue weighted by molar-refractivity contribution is -0.120. The second kappa shape index (κ2) is 7.68. The van der Waals surface area contributed by atoms with Crippen molar-refractivity contribution in [3.05, 3.63) is 50.2 Å². The summed E-state index contributed by atoms with van der Waals surface area (Å²) in [6.45, 7) is 13.0. The molecule has 1 amide bonds. The SMILES string of the molecule is Cc1cc(C)c(CNC(=O)Cc2c(C)nn(CC(C)C)c2C)c(=O)[nH]1. The van der Waals surface area contributed by atoms with Crippen LogP contribution in [-0.4, -0.2) is 20.7 Å². The quantitative estimate of drug-likeness (QED) is 0.844. The van der Waals surface area contributed by atoms with Crippen molar-refractivity contribution < 1.29 is 4.79 Å². The number of nitrogens with one attached hydrogen (secondary N) is 2. The zero-order valence-corrected chi connectivity index (χ0v) is 16.0. The molecule has 136 valence electrons. The molecule has 2 aromatic rings. The highest BCUT2D eigenvalue weighted by Crippen LogP contribution is 2.15. The fourth-order valence-electron chi connectivity index (χ4n) is 3.02. The Morgan fingerprint density at radius 2 is 1.92 bits per heavy atom. The van der Waals surface area contributed by atoms with Gasteiger partial charge in [0.2, 0.25) is 5.91 Å². The second-order valence-electron chi connectivity index (χ2n) is 7.12. The van der Waals surface area contributed by atoms with Gasteiger partial charge in [-0.3, -0.25) is 14.3 Å². The van der Waals surface area contributed by atoms with Gasteiger partial charge in [0.1, 0.15) is 0 Å². The molecule has 25 heavy (non-hydrogen) atoms. The standard InChI is InChI=1S/C19H28N4O2/c1-11(2)10-23-15(6)16(14(5)22-23)8-18(24)20-9-17-12(3)7-13(4)21-19(17)25/h7,11H,8-10H2,1-6H3,(H,20,24)(H,21,25). The first-order valence-corrected chi connectivity index (χ1v) is 8.68. The predicted molar refractivity (Wildman–Crippen MR) is 98.6 cm³/mol. The summed E-state index contributed by atoms with van der Waals surface area (Å²) in [7, 11) is 0. The predicted octanol–water partition coefficient (Wildman–Crippen LogP) is 2.32. The lowest BCUT2D eigenvalue weighted by atomic mass is 10.1. The van der Waals surface area contributed by atoms with Gasteiger partial charge in [0.25, 0.3) is 5.56 Å². The minimum atomic E-state index is -0.144. The molecule has 0 saturated carbocycles. The van der Waals surface area contributed by atoms with Crippen LogP contribution in [0.15, 0.2) is 10.9 Å². The van der Waals surface area contributed by atoms with Crippen LogP contribution in [0.1, 0.15) is 47.6 Å². The van der Waals surface area contributed by atoms with E-state index in [4.69, 9.17) is 0 Å². The summed E-state index contributed by atoms with van der Waals surface area (Å²) in [5.41, 5.74) is 5.05. The summed E-state index contributed by atoms with van der Waals surface area (Å²) >= 11 is 0. The Bertz CT molecular complexity index is 831. The Morgan fingerprint density at radius 3 is 2.52 bits per heavy atom. The van der Waals surface area contributed by atoms with Crippen LogP contribution in [0.2, 0.25) is 0 Å². The Labute approximate surface area is 148 Å². The number of aryl methyl sites for hydroxylation is 3. The number of rotatable bonds is 6. The Hall–Kier alpha value is -2.37. The number of carbonyl (C=O) groups is 1. The number of nitrogens with zero attached hydrogens (tertiary/aromatic N) is 2. The lowest BCUT2D eigenvalue weighted by Gasteiger charge is -2.09. The molecule has 0 bridgehead atoms. The average Bonchev–Trinajstić information content (AvgIpc) is 2.73. The molecule has 0 saturated heterocycles. The fraction of sp³-hybridized carbons (Fsp3) is 0.526. The molecule has 0 atom stereocenters. The summed E-state index contributed by atoms with van der Waals surface area (Å²) in [5, 5.41) is 7.40. The van der Waals surface area contributed by atoms with E-state index in [1.807, 2.05) is 38.4 Å². The normalized spacial score (nSPS) is 11.2. The highest BCUT2D eigenvalue weighted by molar-refractivity contribution is 5.79. The van der Waals surface area contributed by atoms with E-state index in [0.29, 0.717) is 11.5 Å². The van der Waals surface area contributed by atoms with Gasteiger partial charge >= 0.3 is 0 Å². The number of hydrogen-bond acceptors (Lipinski definition) is 3. The molecule has 0 aromatic carbocycles. The van der Waals surface area contributed by atoms with E-state index in [1.165, 1.54) is 0 Å². The third-order valence-corrected chi connectivity index (χ3v) is 4.36. The Kier molecular flexibility index (Phi) is 5.82. The third-order valence-electron chi connectivity index (χ3n) is 4.36. The molecule has 2 rings (SSSR count). The Morgan fingerprint density at radius 1 is 1.24 bits per heavy atom. The molecule has 0 fully saturated rings. The first-order chi connectivity index (χ1) is 11.7. The lowest BCUT2D eigenvalue weighted by Crippen LogP contribution is -2.29. The molecule has 2 heterocycles. The number of carbonyl (C=O) groups excluding carboxylic acids is 1. The number of amides is 1. The van der Waals surface area contributed by atoms with Crippen LogP contribution in [0.4, 0.5) is 0 Å². The van der Waals surface area contributed by atoms with Gasteiger partial charge in [0.15, 0.2) is 0 Å². The van der Waals surface area contributed by atoms with Crippen molar-refractivity contribution in [1.29, 1.82) is 0 Å². The molecule has 0 aliphatic heterocycles. The van der Waals surface area contributed by atoms with Gasteiger partial charge in [-0.05, 0) is 45.2 Å². The maximum atomic E-state index is 12.4. The van der Waals surface area contributed by atoms with Gasteiger partial charge in [-0.25, -0.2) is 0 Å². The topological polar surface area (TPSA) is 79.8 Å². The highest BCUT2D eigenvalue weighted by Gasteiger charge is 2.16. The third kappa shape index (κ3) is 4.59. The van der Waals surface area contributed by atoms with Crippen LogP contribution in [0.25, 0.3) is 0 Å². The van der Waals surface area contributed by atoms with Crippen LogP contribution in [0, 0.1) is 33.6 Å². The summed E-state index contributed by atoms with van der Waals surface area (Å²) in [6.07, 6.45) is 0.276. The molecule has 2 aromatic heterocycles. The van der Waals surface area contributed by atoms with Crippen LogP contribution < -0.4 is 10.9 Å².